The third kappa shape index (κ3) is 4.19. The van der Waals surface area contributed by atoms with Gasteiger partial charge in [-0.3, -0.25) is 9.59 Å². The van der Waals surface area contributed by atoms with Crippen molar-refractivity contribution in [1.29, 1.82) is 0 Å². The van der Waals surface area contributed by atoms with Crippen molar-refractivity contribution in [3.05, 3.63) is 53.6 Å². The van der Waals surface area contributed by atoms with E-state index in [-0.39, 0.29) is 18.0 Å². The highest BCUT2D eigenvalue weighted by Crippen LogP contribution is 2.05. The first-order chi connectivity index (χ1) is 11.5. The quantitative estimate of drug-likeness (QED) is 0.672. The van der Waals surface area contributed by atoms with Gasteiger partial charge < -0.3 is 20.4 Å². The Morgan fingerprint density at radius 2 is 1.92 bits per heavy atom. The summed E-state index contributed by atoms with van der Waals surface area (Å²) in [7, 11) is 1.44. The topological polar surface area (TPSA) is 113 Å². The van der Waals surface area contributed by atoms with Crippen molar-refractivity contribution in [2.75, 3.05) is 7.05 Å². The maximum atomic E-state index is 12.2. The molecule has 0 saturated carbocycles. The summed E-state index contributed by atoms with van der Waals surface area (Å²) in [6.45, 7) is 1.61. The van der Waals surface area contributed by atoms with Crippen LogP contribution >= 0.6 is 0 Å². The van der Waals surface area contributed by atoms with Gasteiger partial charge in [0.2, 0.25) is 0 Å². The summed E-state index contributed by atoms with van der Waals surface area (Å²) in [4.78, 5) is 42.1. The number of esters is 1. The zero-order valence-corrected chi connectivity index (χ0v) is 13.3. The van der Waals surface area contributed by atoms with Crippen molar-refractivity contribution < 1.29 is 19.1 Å². The Morgan fingerprint density at radius 3 is 2.58 bits per heavy atom. The second-order valence-electron chi connectivity index (χ2n) is 4.99. The normalized spacial score (nSPS) is 11.4. The predicted octanol–water partition coefficient (Wildman–Crippen LogP) is 0.631. The number of H-pyrrole nitrogens is 1. The van der Waals surface area contributed by atoms with E-state index in [1.165, 1.54) is 20.3 Å². The summed E-state index contributed by atoms with van der Waals surface area (Å²) in [6, 6.07) is 8.32. The predicted molar refractivity (Wildman–Crippen MR) is 85.1 cm³/mol. The lowest BCUT2D eigenvalue weighted by atomic mass is 10.2. The highest BCUT2D eigenvalue weighted by Gasteiger charge is 2.23. The summed E-state index contributed by atoms with van der Waals surface area (Å²) < 4.78 is 5.15. The van der Waals surface area contributed by atoms with Crippen LogP contribution in [0.2, 0.25) is 0 Å². The van der Waals surface area contributed by atoms with Crippen LogP contribution in [0.1, 0.15) is 33.5 Å². The number of rotatable bonds is 6. The molecule has 0 saturated heterocycles. The highest BCUT2D eigenvalue weighted by atomic mass is 16.5. The number of benzene rings is 1. The van der Waals surface area contributed by atoms with Crippen LogP contribution in [0.5, 0.6) is 0 Å². The van der Waals surface area contributed by atoms with E-state index in [4.69, 9.17) is 4.74 Å². The van der Waals surface area contributed by atoms with Gasteiger partial charge in [-0.2, -0.15) is 0 Å². The Morgan fingerprint density at radius 1 is 1.21 bits per heavy atom. The van der Waals surface area contributed by atoms with Gasteiger partial charge in [0.25, 0.3) is 11.8 Å². The first-order valence-electron chi connectivity index (χ1n) is 7.29. The number of imidazole rings is 1. The van der Waals surface area contributed by atoms with Crippen LogP contribution in [0.15, 0.2) is 36.7 Å². The van der Waals surface area contributed by atoms with Gasteiger partial charge in [-0.25, -0.2) is 9.78 Å². The molecule has 0 bridgehead atoms. The minimum atomic E-state index is -0.879. The molecule has 24 heavy (non-hydrogen) atoms. The molecule has 2 aromatic rings. The van der Waals surface area contributed by atoms with Gasteiger partial charge in [-0.1, -0.05) is 30.3 Å². The van der Waals surface area contributed by atoms with Crippen molar-refractivity contribution in [3.63, 3.8) is 0 Å². The summed E-state index contributed by atoms with van der Waals surface area (Å²) in [5.41, 5.74) is 0.787. The average Bonchev–Trinajstić information content (AvgIpc) is 3.09. The molecule has 0 aliphatic heterocycles. The minimum absolute atomic E-state index is 0.0276. The van der Waals surface area contributed by atoms with E-state index >= 15 is 0 Å². The molecular formula is C16H18N4O4. The van der Waals surface area contributed by atoms with Crippen molar-refractivity contribution >= 4 is 17.8 Å². The van der Waals surface area contributed by atoms with Crippen LogP contribution in [0.25, 0.3) is 0 Å². The second kappa shape index (κ2) is 7.91. The Hall–Kier alpha value is -3.16. The van der Waals surface area contributed by atoms with Gasteiger partial charge in [0.05, 0.1) is 6.33 Å². The molecule has 0 aliphatic rings. The Balaban J connectivity index is 1.92. The Labute approximate surface area is 138 Å². The smallest absolute Gasteiger partial charge is 0.328 e. The number of aromatic nitrogens is 2. The SMILES string of the molecule is CNC(=O)c1[nH]cnc1C(=O)N[C@@H](C)C(=O)OCc1ccccc1. The minimum Gasteiger partial charge on any atom is -0.459 e. The van der Waals surface area contributed by atoms with Crippen LogP contribution in [-0.2, 0) is 16.1 Å². The van der Waals surface area contributed by atoms with Gasteiger partial charge >= 0.3 is 5.97 Å². The molecular weight excluding hydrogens is 312 g/mol. The zero-order chi connectivity index (χ0) is 17.5. The molecule has 2 amide bonds. The lowest BCUT2D eigenvalue weighted by Crippen LogP contribution is -2.40. The number of nitrogens with zero attached hydrogens (tertiary/aromatic N) is 1. The molecule has 1 heterocycles. The van der Waals surface area contributed by atoms with Gasteiger partial charge in [0.15, 0.2) is 5.69 Å². The fraction of sp³-hybridized carbons (Fsp3) is 0.250. The summed E-state index contributed by atoms with van der Waals surface area (Å²) in [5.74, 6) is -1.69. The number of ether oxygens (including phenoxy) is 1. The van der Waals surface area contributed by atoms with E-state index in [0.717, 1.165) is 5.56 Å². The number of carbonyl (C=O) groups excluding carboxylic acids is 3. The molecule has 3 N–H and O–H groups in total. The van der Waals surface area contributed by atoms with E-state index in [1.807, 2.05) is 30.3 Å². The molecule has 8 nitrogen and oxygen atoms in total. The maximum absolute atomic E-state index is 12.2. The number of hydrogen-bond acceptors (Lipinski definition) is 5. The lowest BCUT2D eigenvalue weighted by Gasteiger charge is -2.13. The van der Waals surface area contributed by atoms with Gasteiger partial charge in [0, 0.05) is 7.05 Å². The van der Waals surface area contributed by atoms with E-state index < -0.39 is 23.8 Å². The second-order valence-corrected chi connectivity index (χ2v) is 4.99. The fourth-order valence-electron chi connectivity index (χ4n) is 1.94. The van der Waals surface area contributed by atoms with Crippen molar-refractivity contribution in [2.24, 2.45) is 0 Å². The van der Waals surface area contributed by atoms with Gasteiger partial charge in [0.1, 0.15) is 18.3 Å². The van der Waals surface area contributed by atoms with Gasteiger partial charge in [-0.15, -0.1) is 0 Å². The number of carbonyl (C=O) groups is 3. The van der Waals surface area contributed by atoms with E-state index in [0.29, 0.717) is 0 Å². The van der Waals surface area contributed by atoms with Gasteiger partial charge in [-0.05, 0) is 12.5 Å². The molecule has 0 spiro atoms. The molecule has 2 rings (SSSR count). The van der Waals surface area contributed by atoms with Crippen LogP contribution in [-0.4, -0.2) is 40.8 Å². The molecule has 1 atom stereocenters. The molecule has 1 aromatic heterocycles. The number of amides is 2. The molecule has 0 unspecified atom stereocenters. The number of aromatic amines is 1. The molecule has 8 heteroatoms. The molecule has 1 aromatic carbocycles. The van der Waals surface area contributed by atoms with Crippen LogP contribution in [0, 0.1) is 0 Å². The first kappa shape index (κ1) is 17.2. The third-order valence-electron chi connectivity index (χ3n) is 3.23. The summed E-state index contributed by atoms with van der Waals surface area (Å²) >= 11 is 0. The molecule has 126 valence electrons. The summed E-state index contributed by atoms with van der Waals surface area (Å²) in [5, 5.41) is 4.86. The number of nitrogens with one attached hydrogen (secondary N) is 3. The zero-order valence-electron chi connectivity index (χ0n) is 13.3. The molecule has 0 fully saturated rings. The Kier molecular flexibility index (Phi) is 5.67. The first-order valence-corrected chi connectivity index (χ1v) is 7.29. The largest absolute Gasteiger partial charge is 0.459 e. The highest BCUT2D eigenvalue weighted by molar-refractivity contribution is 6.05. The van der Waals surface area contributed by atoms with Crippen molar-refractivity contribution in [2.45, 2.75) is 19.6 Å². The van der Waals surface area contributed by atoms with Crippen LogP contribution in [0.4, 0.5) is 0 Å². The van der Waals surface area contributed by atoms with Crippen molar-refractivity contribution in [1.82, 2.24) is 20.6 Å². The molecule has 0 aliphatic carbocycles. The monoisotopic (exact) mass is 330 g/mol. The van der Waals surface area contributed by atoms with E-state index in [1.54, 1.807) is 0 Å². The fourth-order valence-corrected chi connectivity index (χ4v) is 1.94. The number of hydrogen-bond donors (Lipinski definition) is 3. The van der Waals surface area contributed by atoms with E-state index in [2.05, 4.69) is 20.6 Å². The van der Waals surface area contributed by atoms with Crippen molar-refractivity contribution in [3.8, 4) is 0 Å². The van der Waals surface area contributed by atoms with E-state index in [9.17, 15) is 14.4 Å². The third-order valence-corrected chi connectivity index (χ3v) is 3.23. The average molecular weight is 330 g/mol. The Bertz CT molecular complexity index is 727. The standard InChI is InChI=1S/C16H18N4O4/c1-10(16(23)24-8-11-6-4-3-5-7-11)20-15(22)13-12(14(21)17-2)18-9-19-13/h3-7,9-10H,8H2,1-2H3,(H,17,21)(H,18,19)(H,20,22)/t10-/m0/s1. The lowest BCUT2D eigenvalue weighted by molar-refractivity contribution is -0.146. The van der Waals surface area contributed by atoms with Crippen LogP contribution < -0.4 is 10.6 Å². The molecule has 0 radical (unpaired) electrons. The van der Waals surface area contributed by atoms with Crippen LogP contribution in [0.3, 0.4) is 0 Å². The maximum Gasteiger partial charge on any atom is 0.328 e. The summed E-state index contributed by atoms with van der Waals surface area (Å²) in [6.07, 6.45) is 1.23.